The number of fused-ring (bicyclic) bond motifs is 3. The molecule has 1 aliphatic carbocycles. The lowest BCUT2D eigenvalue weighted by Crippen LogP contribution is -2.58. The highest BCUT2D eigenvalue weighted by atomic mass is 128. The average Bonchev–Trinajstić information content (AvgIpc) is 3.40. The fourth-order valence-electron chi connectivity index (χ4n) is 8.03. The molecule has 0 aromatic heterocycles. The molecule has 0 saturated carbocycles. The Kier molecular flexibility index (Phi) is 12.6. The maximum atomic E-state index is 12.5. The van der Waals surface area contributed by atoms with Crippen molar-refractivity contribution in [2.75, 3.05) is 23.9 Å². The van der Waals surface area contributed by atoms with Crippen molar-refractivity contribution in [2.24, 2.45) is 0 Å². The summed E-state index contributed by atoms with van der Waals surface area (Å²) >= 11 is 4.24. The molecule has 0 saturated heterocycles. The predicted molar refractivity (Wildman–Crippen MR) is 246 cm³/mol. The molecule has 3 heterocycles. The molecule has 3 aromatic carbocycles. The fraction of sp³-hybridized carbons (Fsp3) is 0.341. The fourth-order valence-corrected chi connectivity index (χ4v) is 8.03. The Hall–Kier alpha value is -2.38. The second kappa shape index (κ2) is 15.5. The number of likely N-dealkylation sites (N-methyl/N-ethyl adjacent to an activating group) is 2. The molecule has 0 fully saturated rings. The van der Waals surface area contributed by atoms with Gasteiger partial charge in [-0.15, -0.1) is 24.0 Å². The topological polar surface area (TPSA) is 32.8 Å². The van der Waals surface area contributed by atoms with Crippen LogP contribution in [0.5, 0.6) is 5.75 Å². The summed E-state index contributed by atoms with van der Waals surface area (Å²) in [7, 11) is 4.23. The van der Waals surface area contributed by atoms with Gasteiger partial charge in [-0.1, -0.05) is 50.2 Å². The van der Waals surface area contributed by atoms with E-state index in [0.717, 1.165) is 22.5 Å². The standard InChI is InChI=1S/2C22H25NO.I2.HI/c1-14-13-17-11-12-22(24-20(17)16(3)15(14)2)21(4,5)18-9-7-8-10-19(18)23(22)6;1-14-13-17(21(24)16(3)15(14)2)11-12-20-22(4,5)18-9-7-8-10-19(18)23(20)6;1-2;/h2*7-13H,1-6H3;;1H. The number of hydrogen-bond acceptors (Lipinski definition) is 4. The molecular weight excluding hydrogens is 969 g/mol. The van der Waals surface area contributed by atoms with Crippen molar-refractivity contribution in [1.82, 2.24) is 0 Å². The number of aryl methyl sites for hydroxylation is 1. The Morgan fingerprint density at radius 2 is 1.35 bits per heavy atom. The van der Waals surface area contributed by atoms with Crippen molar-refractivity contribution in [3.05, 3.63) is 140 Å². The van der Waals surface area contributed by atoms with Gasteiger partial charge in [0, 0.05) is 90.5 Å². The van der Waals surface area contributed by atoms with E-state index in [1.165, 1.54) is 56.0 Å². The van der Waals surface area contributed by atoms with E-state index in [1.54, 1.807) is 0 Å². The molecule has 3 aromatic rings. The molecule has 4 nitrogen and oxygen atoms in total. The van der Waals surface area contributed by atoms with Gasteiger partial charge in [0.2, 0.25) is 5.72 Å². The molecule has 0 radical (unpaired) electrons. The number of halogens is 3. The van der Waals surface area contributed by atoms with Gasteiger partial charge in [0.05, 0.1) is 5.41 Å². The van der Waals surface area contributed by atoms with Crippen molar-refractivity contribution in [3.63, 3.8) is 0 Å². The summed E-state index contributed by atoms with van der Waals surface area (Å²) in [5.74, 6) is 1.15. The average molecular weight is 1020 g/mol. The highest BCUT2D eigenvalue weighted by Gasteiger charge is 2.57. The summed E-state index contributed by atoms with van der Waals surface area (Å²) in [6.07, 6.45) is 10.6. The summed E-state index contributed by atoms with van der Waals surface area (Å²) in [4.78, 5) is 17.0. The number of rotatable bonds is 1. The molecule has 1 spiro atoms. The molecule has 0 N–H and O–H groups in total. The highest BCUT2D eigenvalue weighted by molar-refractivity contribution is 15.0. The van der Waals surface area contributed by atoms with Crippen molar-refractivity contribution >= 4 is 84.4 Å². The van der Waals surface area contributed by atoms with Crippen LogP contribution in [-0.2, 0) is 15.6 Å². The maximum absolute atomic E-state index is 12.5. The van der Waals surface area contributed by atoms with Crippen LogP contribution in [-0.4, -0.2) is 25.6 Å². The third-order valence-electron chi connectivity index (χ3n) is 11.7. The van der Waals surface area contributed by atoms with E-state index in [4.69, 9.17) is 4.74 Å². The summed E-state index contributed by atoms with van der Waals surface area (Å²) < 4.78 is 6.80. The van der Waals surface area contributed by atoms with Gasteiger partial charge in [0.15, 0.2) is 5.78 Å². The minimum Gasteiger partial charge on any atom is -0.462 e. The van der Waals surface area contributed by atoms with Gasteiger partial charge in [0.1, 0.15) is 5.75 Å². The Morgan fingerprint density at radius 3 is 1.96 bits per heavy atom. The van der Waals surface area contributed by atoms with Gasteiger partial charge >= 0.3 is 0 Å². The minimum atomic E-state index is -0.490. The van der Waals surface area contributed by atoms with E-state index >= 15 is 0 Å². The zero-order chi connectivity index (χ0) is 36.9. The largest absolute Gasteiger partial charge is 0.462 e. The first kappa shape index (κ1) is 41.4. The zero-order valence-corrected chi connectivity index (χ0v) is 38.6. The van der Waals surface area contributed by atoms with Crippen LogP contribution in [0.15, 0.2) is 107 Å². The zero-order valence-electron chi connectivity index (χ0n) is 32.0. The number of ketones is 1. The summed E-state index contributed by atoms with van der Waals surface area (Å²) in [5, 5.41) is 0. The van der Waals surface area contributed by atoms with Crippen LogP contribution in [0.3, 0.4) is 0 Å². The van der Waals surface area contributed by atoms with Crippen LogP contribution < -0.4 is 14.5 Å². The smallest absolute Gasteiger partial charge is 0.211 e. The van der Waals surface area contributed by atoms with Crippen molar-refractivity contribution in [3.8, 4) is 5.75 Å². The molecule has 1 unspecified atom stereocenters. The Labute approximate surface area is 346 Å². The molecule has 3 aliphatic heterocycles. The normalized spacial score (nSPS) is 21.9. The number of Topliss-reactive ketones (excluding diaryl/α,β-unsaturated/α-hetero) is 1. The van der Waals surface area contributed by atoms with E-state index in [1.807, 2.05) is 26.0 Å². The van der Waals surface area contributed by atoms with Crippen LogP contribution in [0, 0.1) is 20.8 Å². The van der Waals surface area contributed by atoms with E-state index in [-0.39, 0.29) is 40.6 Å². The second-order valence-corrected chi connectivity index (χ2v) is 15.0. The van der Waals surface area contributed by atoms with Gasteiger partial charge in [-0.2, -0.15) is 0 Å². The quantitative estimate of drug-likeness (QED) is 0.180. The molecular formula is C44H51I3N2O2. The molecule has 270 valence electrons. The summed E-state index contributed by atoms with van der Waals surface area (Å²) in [6.45, 7) is 21.5. The summed E-state index contributed by atoms with van der Waals surface area (Å²) in [5.41, 5.74) is 14.6. The molecule has 7 heteroatoms. The molecule has 1 atom stereocenters. The number of hydrogen-bond donors (Lipinski definition) is 0. The molecule has 51 heavy (non-hydrogen) atoms. The lowest BCUT2D eigenvalue weighted by atomic mass is 9.76. The monoisotopic (exact) mass is 1020 g/mol. The number of ether oxygens (including phenoxy) is 1. The van der Waals surface area contributed by atoms with Gasteiger partial charge in [-0.05, 0) is 143 Å². The van der Waals surface area contributed by atoms with E-state index < -0.39 is 5.72 Å². The highest BCUT2D eigenvalue weighted by Crippen LogP contribution is 2.55. The first-order valence-electron chi connectivity index (χ1n) is 17.2. The van der Waals surface area contributed by atoms with Gasteiger partial charge in [-0.25, -0.2) is 0 Å². The number of benzene rings is 3. The number of nitrogens with zero attached hydrogens (tertiary/aromatic N) is 2. The maximum Gasteiger partial charge on any atom is 0.211 e. The van der Waals surface area contributed by atoms with Crippen molar-refractivity contribution in [1.29, 1.82) is 0 Å². The molecule has 0 bridgehead atoms. The van der Waals surface area contributed by atoms with Crippen molar-refractivity contribution in [2.45, 2.75) is 85.8 Å². The first-order chi connectivity index (χ1) is 23.5. The Balaban J connectivity index is 0.000000214. The van der Waals surface area contributed by atoms with Crippen LogP contribution >= 0.6 is 61.2 Å². The third-order valence-corrected chi connectivity index (χ3v) is 11.7. The predicted octanol–water partition coefficient (Wildman–Crippen LogP) is 12.6. The van der Waals surface area contributed by atoms with E-state index in [9.17, 15) is 4.79 Å². The minimum absolute atomic E-state index is 0. The van der Waals surface area contributed by atoms with Gasteiger partial charge in [0.25, 0.3) is 0 Å². The number of para-hydroxylation sites is 2. The number of allylic oxidation sites excluding steroid dienone is 8. The Morgan fingerprint density at radius 1 is 0.765 bits per heavy atom. The Bertz CT molecular complexity index is 2030. The van der Waals surface area contributed by atoms with E-state index in [0.29, 0.717) is 0 Å². The lowest BCUT2D eigenvalue weighted by molar-refractivity contribution is -0.112. The van der Waals surface area contributed by atoms with Crippen LogP contribution in [0.2, 0.25) is 0 Å². The van der Waals surface area contributed by atoms with Crippen LogP contribution in [0.1, 0.15) is 81.8 Å². The van der Waals surface area contributed by atoms with E-state index in [2.05, 4.69) is 189 Å². The molecule has 4 aliphatic rings. The van der Waals surface area contributed by atoms with Crippen LogP contribution in [0.25, 0.3) is 6.08 Å². The second-order valence-electron chi connectivity index (χ2n) is 15.0. The van der Waals surface area contributed by atoms with Gasteiger partial charge in [-0.3, -0.25) is 4.79 Å². The summed E-state index contributed by atoms with van der Waals surface area (Å²) in [6, 6.07) is 19.4. The SMILES string of the molecule is CC1=CC(=CC=C2N(C)c3ccccc3C2(C)C)C(=O)C(C)=C1C.Cc1cc2c(c(C)c1C)OC1(C=C2)N(C)c2ccccc2C1(C)C.I.II. The van der Waals surface area contributed by atoms with Crippen molar-refractivity contribution < 1.29 is 9.53 Å². The van der Waals surface area contributed by atoms with Crippen LogP contribution in [0.4, 0.5) is 11.4 Å². The molecule has 7 rings (SSSR count). The third kappa shape index (κ3) is 6.81. The molecule has 0 amide bonds. The first-order valence-corrected chi connectivity index (χ1v) is 23.5. The number of anilines is 2. The van der Waals surface area contributed by atoms with Gasteiger partial charge < -0.3 is 14.5 Å². The lowest BCUT2D eigenvalue weighted by Gasteiger charge is -2.46. The number of carbonyl (C=O) groups excluding carboxylic acids is 1. The number of carbonyl (C=O) groups is 1.